The molecule has 112 valence electrons. The molecule has 20 heavy (non-hydrogen) atoms. The molecule has 1 fully saturated rings. The first-order valence-corrected chi connectivity index (χ1v) is 8.35. The number of carbonyl (C=O) groups excluding carboxylic acids is 1. The smallest absolute Gasteiger partial charge is 0.268 e. The van der Waals surface area contributed by atoms with Crippen LogP contribution in [0.3, 0.4) is 0 Å². The Balaban J connectivity index is 2.24. The van der Waals surface area contributed by atoms with Crippen molar-refractivity contribution >= 4 is 17.2 Å². The van der Waals surface area contributed by atoms with E-state index in [4.69, 9.17) is 4.74 Å². The first-order chi connectivity index (χ1) is 9.54. The van der Waals surface area contributed by atoms with E-state index in [0.717, 1.165) is 24.3 Å². The lowest BCUT2D eigenvalue weighted by Crippen LogP contribution is -2.42. The zero-order chi connectivity index (χ0) is 14.7. The van der Waals surface area contributed by atoms with Crippen LogP contribution in [0.5, 0.6) is 5.75 Å². The number of nitrogens with zero attached hydrogens (tertiary/aromatic N) is 1. The Bertz CT molecular complexity index is 455. The second kappa shape index (κ2) is 6.61. The minimum atomic E-state index is 0.143. The van der Waals surface area contributed by atoms with Gasteiger partial charge in [0.25, 0.3) is 5.91 Å². The average Bonchev–Trinajstić information content (AvgIpc) is 2.80. The van der Waals surface area contributed by atoms with Crippen LogP contribution in [0, 0.1) is 11.8 Å². The summed E-state index contributed by atoms with van der Waals surface area (Å²) in [6.45, 7) is 7.58. The Morgan fingerprint density at radius 3 is 2.80 bits per heavy atom. The Morgan fingerprint density at radius 2 is 2.15 bits per heavy atom. The highest BCUT2D eigenvalue weighted by atomic mass is 32.1. The molecule has 0 spiro atoms. The summed E-state index contributed by atoms with van der Waals surface area (Å²) in [6, 6.07) is 2.22. The largest absolute Gasteiger partial charge is 0.495 e. The van der Waals surface area contributed by atoms with Gasteiger partial charge in [-0.1, -0.05) is 20.8 Å². The molecule has 1 aromatic rings. The molecule has 0 aliphatic carbocycles. The van der Waals surface area contributed by atoms with E-state index in [9.17, 15) is 4.79 Å². The van der Waals surface area contributed by atoms with Gasteiger partial charge in [-0.2, -0.15) is 0 Å². The number of methoxy groups -OCH3 is 1. The van der Waals surface area contributed by atoms with E-state index in [0.29, 0.717) is 23.6 Å². The lowest BCUT2D eigenvalue weighted by atomic mass is 9.95. The molecule has 3 nitrogen and oxygen atoms in total. The van der Waals surface area contributed by atoms with E-state index < -0.39 is 0 Å². The number of rotatable bonds is 3. The standard InChI is InChI=1S/C16H25NO2S/c1-11(2)13-6-5-12(3)7-9-17(13)16(18)15-14(19-4)8-10-20-15/h8,10-13H,5-7,9H2,1-4H3. The fourth-order valence-electron chi connectivity index (χ4n) is 2.97. The van der Waals surface area contributed by atoms with Crippen molar-refractivity contribution in [1.82, 2.24) is 4.90 Å². The summed E-state index contributed by atoms with van der Waals surface area (Å²) in [4.78, 5) is 15.7. The van der Waals surface area contributed by atoms with Gasteiger partial charge in [0.1, 0.15) is 10.6 Å². The number of hydrogen-bond acceptors (Lipinski definition) is 3. The molecule has 1 saturated heterocycles. The number of amides is 1. The summed E-state index contributed by atoms with van der Waals surface area (Å²) < 4.78 is 5.31. The highest BCUT2D eigenvalue weighted by Gasteiger charge is 2.31. The maximum Gasteiger partial charge on any atom is 0.268 e. The number of likely N-dealkylation sites (tertiary alicyclic amines) is 1. The number of ether oxygens (including phenoxy) is 1. The van der Waals surface area contributed by atoms with Crippen molar-refractivity contribution in [3.8, 4) is 5.75 Å². The van der Waals surface area contributed by atoms with Gasteiger partial charge in [-0.3, -0.25) is 4.79 Å². The second-order valence-corrected chi connectivity index (χ2v) is 7.02. The van der Waals surface area contributed by atoms with Gasteiger partial charge in [-0.15, -0.1) is 11.3 Å². The fourth-order valence-corrected chi connectivity index (χ4v) is 3.78. The molecule has 4 heteroatoms. The molecule has 0 bridgehead atoms. The Kier molecular flexibility index (Phi) is 5.08. The molecule has 1 amide bonds. The normalized spacial score (nSPS) is 23.8. The van der Waals surface area contributed by atoms with Crippen LogP contribution >= 0.6 is 11.3 Å². The molecule has 1 aromatic heterocycles. The summed E-state index contributed by atoms with van der Waals surface area (Å²) in [5.74, 6) is 2.05. The van der Waals surface area contributed by atoms with E-state index in [1.807, 2.05) is 11.4 Å². The predicted octanol–water partition coefficient (Wildman–Crippen LogP) is 4.04. The first kappa shape index (κ1) is 15.4. The van der Waals surface area contributed by atoms with Gasteiger partial charge in [0.2, 0.25) is 0 Å². The third kappa shape index (κ3) is 3.17. The maximum absolute atomic E-state index is 12.9. The molecule has 1 aliphatic rings. The van der Waals surface area contributed by atoms with Gasteiger partial charge in [0, 0.05) is 12.6 Å². The minimum Gasteiger partial charge on any atom is -0.495 e. The van der Waals surface area contributed by atoms with Crippen molar-refractivity contribution in [3.05, 3.63) is 16.3 Å². The van der Waals surface area contributed by atoms with E-state index in [-0.39, 0.29) is 5.91 Å². The lowest BCUT2D eigenvalue weighted by Gasteiger charge is -2.32. The fraction of sp³-hybridized carbons (Fsp3) is 0.688. The van der Waals surface area contributed by atoms with Crippen LogP contribution in [-0.2, 0) is 0 Å². The van der Waals surface area contributed by atoms with E-state index in [2.05, 4.69) is 25.7 Å². The summed E-state index contributed by atoms with van der Waals surface area (Å²) in [5.41, 5.74) is 0. The highest BCUT2D eigenvalue weighted by molar-refractivity contribution is 7.12. The molecule has 0 N–H and O–H groups in total. The SMILES string of the molecule is COc1ccsc1C(=O)N1CCC(C)CCC1C(C)C. The zero-order valence-electron chi connectivity index (χ0n) is 12.9. The van der Waals surface area contributed by atoms with Crippen LogP contribution in [0.4, 0.5) is 0 Å². The van der Waals surface area contributed by atoms with Gasteiger partial charge in [0.05, 0.1) is 7.11 Å². The van der Waals surface area contributed by atoms with E-state index >= 15 is 0 Å². The van der Waals surface area contributed by atoms with Gasteiger partial charge >= 0.3 is 0 Å². The number of thiophene rings is 1. The van der Waals surface area contributed by atoms with Crippen molar-refractivity contribution < 1.29 is 9.53 Å². The molecule has 2 unspecified atom stereocenters. The average molecular weight is 295 g/mol. The molecule has 0 aromatic carbocycles. The number of hydrogen-bond donors (Lipinski definition) is 0. The van der Waals surface area contributed by atoms with Gasteiger partial charge in [-0.05, 0) is 42.5 Å². The minimum absolute atomic E-state index is 0.143. The van der Waals surface area contributed by atoms with Crippen LogP contribution in [0.25, 0.3) is 0 Å². The van der Waals surface area contributed by atoms with Crippen molar-refractivity contribution in [2.24, 2.45) is 11.8 Å². The van der Waals surface area contributed by atoms with Crippen molar-refractivity contribution in [2.75, 3.05) is 13.7 Å². The van der Waals surface area contributed by atoms with Crippen LogP contribution < -0.4 is 4.74 Å². The van der Waals surface area contributed by atoms with Crippen LogP contribution in [0.1, 0.15) is 49.7 Å². The quantitative estimate of drug-likeness (QED) is 0.842. The highest BCUT2D eigenvalue weighted by Crippen LogP contribution is 2.31. The molecule has 1 aliphatic heterocycles. The molecule has 2 rings (SSSR count). The van der Waals surface area contributed by atoms with Crippen molar-refractivity contribution in [3.63, 3.8) is 0 Å². The third-order valence-electron chi connectivity index (χ3n) is 4.29. The van der Waals surface area contributed by atoms with Gasteiger partial charge in [-0.25, -0.2) is 0 Å². The summed E-state index contributed by atoms with van der Waals surface area (Å²) in [7, 11) is 1.63. The maximum atomic E-state index is 12.9. The van der Waals surface area contributed by atoms with E-state index in [1.54, 1.807) is 7.11 Å². The Hall–Kier alpha value is -1.03. The molecule has 2 atom stereocenters. The van der Waals surface area contributed by atoms with Crippen LogP contribution in [0.2, 0.25) is 0 Å². The summed E-state index contributed by atoms with van der Waals surface area (Å²) in [6.07, 6.45) is 3.43. The van der Waals surface area contributed by atoms with Crippen molar-refractivity contribution in [2.45, 2.75) is 46.1 Å². The van der Waals surface area contributed by atoms with Gasteiger partial charge < -0.3 is 9.64 Å². The molecule has 2 heterocycles. The molecular formula is C16H25NO2S. The van der Waals surface area contributed by atoms with Crippen molar-refractivity contribution in [1.29, 1.82) is 0 Å². The van der Waals surface area contributed by atoms with Crippen LogP contribution in [0.15, 0.2) is 11.4 Å². The van der Waals surface area contributed by atoms with Crippen LogP contribution in [-0.4, -0.2) is 30.5 Å². The predicted molar refractivity (Wildman–Crippen MR) is 83.5 cm³/mol. The Labute approximate surface area is 125 Å². The monoisotopic (exact) mass is 295 g/mol. The van der Waals surface area contributed by atoms with Gasteiger partial charge in [0.15, 0.2) is 0 Å². The zero-order valence-corrected chi connectivity index (χ0v) is 13.7. The summed E-state index contributed by atoms with van der Waals surface area (Å²) >= 11 is 1.48. The number of carbonyl (C=O) groups is 1. The molecule has 0 radical (unpaired) electrons. The lowest BCUT2D eigenvalue weighted by molar-refractivity contribution is 0.0633. The third-order valence-corrected chi connectivity index (χ3v) is 5.18. The first-order valence-electron chi connectivity index (χ1n) is 7.47. The topological polar surface area (TPSA) is 29.5 Å². The van der Waals surface area contributed by atoms with E-state index in [1.165, 1.54) is 17.8 Å². The molecule has 0 saturated carbocycles. The second-order valence-electron chi connectivity index (χ2n) is 6.10. The summed E-state index contributed by atoms with van der Waals surface area (Å²) in [5, 5.41) is 1.93. The Morgan fingerprint density at radius 1 is 1.40 bits per heavy atom. The molecular weight excluding hydrogens is 270 g/mol.